The average molecular weight is 265 g/mol. The number of hydrogen-bond donors (Lipinski definition) is 1. The Morgan fingerprint density at radius 3 is 2.89 bits per heavy atom. The van der Waals surface area contributed by atoms with Crippen molar-refractivity contribution in [2.24, 2.45) is 5.92 Å². The molecular formula is C16H24FNO. The molecule has 1 unspecified atom stereocenters. The molecule has 0 bridgehead atoms. The van der Waals surface area contributed by atoms with E-state index in [-0.39, 0.29) is 12.4 Å². The Labute approximate surface area is 115 Å². The summed E-state index contributed by atoms with van der Waals surface area (Å²) in [6, 6.07) is 4.74. The lowest BCUT2D eigenvalue weighted by molar-refractivity contribution is 0.281. The second kappa shape index (κ2) is 6.90. The van der Waals surface area contributed by atoms with Gasteiger partial charge < -0.3 is 10.0 Å². The summed E-state index contributed by atoms with van der Waals surface area (Å²) in [5.41, 5.74) is 1.70. The molecule has 1 fully saturated rings. The van der Waals surface area contributed by atoms with E-state index in [2.05, 4.69) is 11.8 Å². The predicted octanol–water partition coefficient (Wildman–Crippen LogP) is 3.72. The van der Waals surface area contributed by atoms with E-state index in [4.69, 9.17) is 0 Å². The summed E-state index contributed by atoms with van der Waals surface area (Å²) in [6.45, 7) is 4.18. The first-order valence-corrected chi connectivity index (χ1v) is 7.38. The third-order valence-electron chi connectivity index (χ3n) is 4.10. The molecule has 1 aliphatic rings. The minimum Gasteiger partial charge on any atom is -0.392 e. The zero-order chi connectivity index (χ0) is 13.7. The summed E-state index contributed by atoms with van der Waals surface area (Å²) >= 11 is 0. The molecule has 0 aliphatic carbocycles. The van der Waals surface area contributed by atoms with Crippen molar-refractivity contribution in [1.82, 2.24) is 0 Å². The number of aliphatic hydroxyl groups excluding tert-OH is 1. The molecular weight excluding hydrogens is 241 g/mol. The monoisotopic (exact) mass is 265 g/mol. The molecule has 1 saturated heterocycles. The van der Waals surface area contributed by atoms with Crippen LogP contribution in [-0.2, 0) is 6.61 Å². The molecule has 1 aromatic carbocycles. The number of nitrogens with zero attached hydrogens (tertiary/aromatic N) is 1. The second-order valence-electron chi connectivity index (χ2n) is 5.50. The molecule has 0 amide bonds. The van der Waals surface area contributed by atoms with E-state index in [9.17, 15) is 9.50 Å². The zero-order valence-corrected chi connectivity index (χ0v) is 11.7. The molecule has 2 rings (SSSR count). The van der Waals surface area contributed by atoms with Crippen molar-refractivity contribution in [2.75, 3.05) is 18.0 Å². The number of rotatable bonds is 4. The smallest absolute Gasteiger partial charge is 0.123 e. The van der Waals surface area contributed by atoms with Crippen LogP contribution in [0.4, 0.5) is 10.1 Å². The van der Waals surface area contributed by atoms with Crippen LogP contribution in [0.5, 0.6) is 0 Å². The SMILES string of the molecule is CCCC1CCCN(c2ccc(F)cc2CO)CC1. The molecule has 0 spiro atoms. The third kappa shape index (κ3) is 3.69. The van der Waals surface area contributed by atoms with Gasteiger partial charge in [0.1, 0.15) is 5.82 Å². The highest BCUT2D eigenvalue weighted by atomic mass is 19.1. The fraction of sp³-hybridized carbons (Fsp3) is 0.625. The van der Waals surface area contributed by atoms with Gasteiger partial charge in [0.25, 0.3) is 0 Å². The topological polar surface area (TPSA) is 23.5 Å². The van der Waals surface area contributed by atoms with Crippen LogP contribution < -0.4 is 4.90 Å². The molecule has 1 aliphatic heterocycles. The summed E-state index contributed by atoms with van der Waals surface area (Å²) in [5, 5.41) is 9.39. The fourth-order valence-corrected chi connectivity index (χ4v) is 3.09. The van der Waals surface area contributed by atoms with Crippen molar-refractivity contribution in [3.63, 3.8) is 0 Å². The van der Waals surface area contributed by atoms with Gasteiger partial charge in [0.05, 0.1) is 6.61 Å². The van der Waals surface area contributed by atoms with E-state index in [0.717, 1.165) is 24.7 Å². The number of aliphatic hydroxyl groups is 1. The van der Waals surface area contributed by atoms with Gasteiger partial charge in [-0.3, -0.25) is 0 Å². The molecule has 0 aromatic heterocycles. The van der Waals surface area contributed by atoms with Crippen LogP contribution in [0.15, 0.2) is 18.2 Å². The highest BCUT2D eigenvalue weighted by Gasteiger charge is 2.18. The summed E-state index contributed by atoms with van der Waals surface area (Å²) < 4.78 is 13.2. The van der Waals surface area contributed by atoms with Gasteiger partial charge in [0.15, 0.2) is 0 Å². The minimum atomic E-state index is -0.272. The zero-order valence-electron chi connectivity index (χ0n) is 11.7. The Morgan fingerprint density at radius 1 is 1.32 bits per heavy atom. The van der Waals surface area contributed by atoms with Gasteiger partial charge in [-0.25, -0.2) is 4.39 Å². The Kier molecular flexibility index (Phi) is 5.20. The largest absolute Gasteiger partial charge is 0.392 e. The van der Waals surface area contributed by atoms with E-state index >= 15 is 0 Å². The molecule has 0 saturated carbocycles. The Bertz CT molecular complexity index is 408. The number of anilines is 1. The summed E-state index contributed by atoms with van der Waals surface area (Å²) in [4.78, 5) is 2.31. The Hall–Kier alpha value is -1.09. The van der Waals surface area contributed by atoms with Crippen LogP contribution in [-0.4, -0.2) is 18.2 Å². The van der Waals surface area contributed by atoms with Crippen LogP contribution in [0.25, 0.3) is 0 Å². The van der Waals surface area contributed by atoms with Crippen LogP contribution in [0.2, 0.25) is 0 Å². The maximum atomic E-state index is 13.2. The number of benzene rings is 1. The fourth-order valence-electron chi connectivity index (χ4n) is 3.09. The van der Waals surface area contributed by atoms with Crippen molar-refractivity contribution >= 4 is 5.69 Å². The minimum absolute atomic E-state index is 0.0953. The lowest BCUT2D eigenvalue weighted by Crippen LogP contribution is -2.25. The maximum Gasteiger partial charge on any atom is 0.123 e. The van der Waals surface area contributed by atoms with Crippen LogP contribution in [0, 0.1) is 11.7 Å². The van der Waals surface area contributed by atoms with E-state index in [1.54, 1.807) is 6.07 Å². The molecule has 19 heavy (non-hydrogen) atoms. The van der Waals surface area contributed by atoms with Gasteiger partial charge in [-0.2, -0.15) is 0 Å². The van der Waals surface area contributed by atoms with Gasteiger partial charge in [-0.15, -0.1) is 0 Å². The molecule has 2 nitrogen and oxygen atoms in total. The normalized spacial score (nSPS) is 20.4. The number of halogens is 1. The summed E-state index contributed by atoms with van der Waals surface area (Å²) in [6.07, 6.45) is 6.25. The van der Waals surface area contributed by atoms with E-state index in [0.29, 0.717) is 5.56 Å². The van der Waals surface area contributed by atoms with Crippen molar-refractivity contribution in [3.8, 4) is 0 Å². The van der Waals surface area contributed by atoms with E-state index in [1.807, 2.05) is 0 Å². The van der Waals surface area contributed by atoms with Gasteiger partial charge in [-0.05, 0) is 43.4 Å². The molecule has 3 heteroatoms. The molecule has 106 valence electrons. The second-order valence-corrected chi connectivity index (χ2v) is 5.50. The first kappa shape index (κ1) is 14.3. The third-order valence-corrected chi connectivity index (χ3v) is 4.10. The predicted molar refractivity (Wildman–Crippen MR) is 76.8 cm³/mol. The molecule has 1 atom stereocenters. The highest BCUT2D eigenvalue weighted by molar-refractivity contribution is 5.53. The molecule has 1 aromatic rings. The van der Waals surface area contributed by atoms with Gasteiger partial charge >= 0.3 is 0 Å². The van der Waals surface area contributed by atoms with Crippen LogP contribution >= 0.6 is 0 Å². The van der Waals surface area contributed by atoms with Crippen molar-refractivity contribution in [1.29, 1.82) is 0 Å². The van der Waals surface area contributed by atoms with E-state index < -0.39 is 0 Å². The Morgan fingerprint density at radius 2 is 2.16 bits per heavy atom. The van der Waals surface area contributed by atoms with Crippen LogP contribution in [0.3, 0.4) is 0 Å². The highest BCUT2D eigenvalue weighted by Crippen LogP contribution is 2.28. The van der Waals surface area contributed by atoms with Crippen LogP contribution in [0.1, 0.15) is 44.6 Å². The van der Waals surface area contributed by atoms with Gasteiger partial charge in [0.2, 0.25) is 0 Å². The average Bonchev–Trinajstić information content (AvgIpc) is 2.65. The lowest BCUT2D eigenvalue weighted by atomic mass is 9.96. The number of hydrogen-bond acceptors (Lipinski definition) is 2. The Balaban J connectivity index is 2.09. The molecule has 0 radical (unpaired) electrons. The molecule has 1 heterocycles. The van der Waals surface area contributed by atoms with E-state index in [1.165, 1.54) is 44.2 Å². The van der Waals surface area contributed by atoms with Crippen molar-refractivity contribution in [3.05, 3.63) is 29.6 Å². The molecule has 1 N–H and O–H groups in total. The summed E-state index contributed by atoms with van der Waals surface area (Å²) in [5.74, 6) is 0.555. The summed E-state index contributed by atoms with van der Waals surface area (Å²) in [7, 11) is 0. The van der Waals surface area contributed by atoms with Gasteiger partial charge in [-0.1, -0.05) is 19.8 Å². The lowest BCUT2D eigenvalue weighted by Gasteiger charge is -2.25. The van der Waals surface area contributed by atoms with Crippen molar-refractivity contribution < 1.29 is 9.50 Å². The standard InChI is InChI=1S/C16H24FNO/c1-2-4-13-5-3-9-18(10-8-13)16-7-6-15(17)11-14(16)12-19/h6-7,11,13,19H,2-5,8-10,12H2,1H3. The van der Waals surface area contributed by atoms with Crippen molar-refractivity contribution in [2.45, 2.75) is 45.6 Å². The first-order valence-electron chi connectivity index (χ1n) is 7.38. The van der Waals surface area contributed by atoms with Gasteiger partial charge in [0, 0.05) is 24.3 Å². The maximum absolute atomic E-state index is 13.2. The first-order chi connectivity index (χ1) is 9.24. The quantitative estimate of drug-likeness (QED) is 0.896.